The highest BCUT2D eigenvalue weighted by atomic mass is 32.2. The van der Waals surface area contributed by atoms with Gasteiger partial charge in [-0.1, -0.05) is 30.0 Å². The number of aromatic nitrogens is 2. The highest BCUT2D eigenvalue weighted by molar-refractivity contribution is 7.98. The molecule has 148 valence electrons. The van der Waals surface area contributed by atoms with Crippen molar-refractivity contribution in [1.82, 2.24) is 9.97 Å². The highest BCUT2D eigenvalue weighted by Gasteiger charge is 2.29. The first-order valence-electron chi connectivity index (χ1n) is 9.37. The number of anilines is 1. The van der Waals surface area contributed by atoms with E-state index < -0.39 is 6.10 Å². The van der Waals surface area contributed by atoms with Crippen LogP contribution in [-0.2, 0) is 27.2 Å². The summed E-state index contributed by atoms with van der Waals surface area (Å²) in [7, 11) is 0. The topological polar surface area (TPSA) is 72.4 Å². The molecule has 2 aromatic rings. The van der Waals surface area contributed by atoms with Gasteiger partial charge in [0, 0.05) is 30.0 Å². The minimum Gasteiger partial charge on any atom is -0.453 e. The normalized spacial score (nSPS) is 13.9. The van der Waals surface area contributed by atoms with E-state index in [9.17, 15) is 9.59 Å². The second-order valence-electron chi connectivity index (χ2n) is 6.86. The summed E-state index contributed by atoms with van der Waals surface area (Å²) in [5.74, 6) is -0.570. The fraction of sp³-hybridized carbons (Fsp3) is 0.429. The highest BCUT2D eigenvalue weighted by Crippen LogP contribution is 2.28. The van der Waals surface area contributed by atoms with Gasteiger partial charge in [-0.3, -0.25) is 9.59 Å². The molecule has 0 saturated heterocycles. The molecule has 1 aromatic carbocycles. The van der Waals surface area contributed by atoms with Gasteiger partial charge < -0.3 is 9.64 Å². The zero-order chi connectivity index (χ0) is 20.3. The van der Waals surface area contributed by atoms with E-state index in [1.165, 1.54) is 11.8 Å². The van der Waals surface area contributed by atoms with Crippen molar-refractivity contribution in [3.63, 3.8) is 0 Å². The van der Waals surface area contributed by atoms with Crippen LogP contribution in [0.15, 0.2) is 29.4 Å². The molecule has 0 saturated carbocycles. The Balaban J connectivity index is 1.57. The molecule has 2 heterocycles. The zero-order valence-corrected chi connectivity index (χ0v) is 17.5. The van der Waals surface area contributed by atoms with E-state index >= 15 is 0 Å². The van der Waals surface area contributed by atoms with Crippen LogP contribution in [0, 0.1) is 13.8 Å². The van der Waals surface area contributed by atoms with Gasteiger partial charge in [-0.15, -0.1) is 0 Å². The zero-order valence-electron chi connectivity index (χ0n) is 16.7. The summed E-state index contributed by atoms with van der Waals surface area (Å²) >= 11 is 1.49. The second-order valence-corrected chi connectivity index (χ2v) is 7.63. The largest absolute Gasteiger partial charge is 0.453 e. The van der Waals surface area contributed by atoms with E-state index in [1.54, 1.807) is 11.8 Å². The van der Waals surface area contributed by atoms with Gasteiger partial charge in [-0.05, 0) is 57.1 Å². The average molecular weight is 400 g/mol. The molecule has 1 amide bonds. The van der Waals surface area contributed by atoms with Gasteiger partial charge in [-0.25, -0.2) is 9.97 Å². The van der Waals surface area contributed by atoms with Gasteiger partial charge in [0.1, 0.15) is 0 Å². The first kappa shape index (κ1) is 20.3. The van der Waals surface area contributed by atoms with Crippen LogP contribution in [0.3, 0.4) is 0 Å². The number of thioether (sulfide) groups is 1. The van der Waals surface area contributed by atoms with Crippen LogP contribution >= 0.6 is 11.8 Å². The number of esters is 1. The number of para-hydroxylation sites is 1. The number of rotatable bonds is 6. The summed E-state index contributed by atoms with van der Waals surface area (Å²) in [6, 6.07) is 7.83. The van der Waals surface area contributed by atoms with Crippen LogP contribution in [-0.4, -0.2) is 40.7 Å². The molecule has 1 atom stereocenters. The van der Waals surface area contributed by atoms with E-state index in [-0.39, 0.29) is 18.3 Å². The molecule has 1 aliphatic rings. The van der Waals surface area contributed by atoms with Crippen molar-refractivity contribution in [2.45, 2.75) is 51.3 Å². The van der Waals surface area contributed by atoms with Gasteiger partial charge in [0.2, 0.25) is 0 Å². The Morgan fingerprint density at radius 3 is 2.57 bits per heavy atom. The molecule has 0 aliphatic carbocycles. The van der Waals surface area contributed by atoms with Gasteiger partial charge >= 0.3 is 5.97 Å². The fourth-order valence-electron chi connectivity index (χ4n) is 3.48. The van der Waals surface area contributed by atoms with Crippen molar-refractivity contribution in [2.75, 3.05) is 17.7 Å². The van der Waals surface area contributed by atoms with Crippen molar-refractivity contribution in [3.05, 3.63) is 46.8 Å². The van der Waals surface area contributed by atoms with Crippen molar-refractivity contribution in [2.24, 2.45) is 0 Å². The molecule has 0 unspecified atom stereocenters. The number of ether oxygens (including phenoxy) is 1. The molecule has 1 aliphatic heterocycles. The Morgan fingerprint density at radius 2 is 1.89 bits per heavy atom. The minimum absolute atomic E-state index is 0.182. The van der Waals surface area contributed by atoms with Crippen LogP contribution in [0.4, 0.5) is 5.69 Å². The lowest BCUT2D eigenvalue weighted by Crippen LogP contribution is -2.39. The number of benzene rings is 1. The third-order valence-electron chi connectivity index (χ3n) is 4.97. The lowest BCUT2D eigenvalue weighted by molar-refractivity contribution is -0.153. The molecule has 0 N–H and O–H groups in total. The van der Waals surface area contributed by atoms with Crippen molar-refractivity contribution in [1.29, 1.82) is 0 Å². The molecule has 6 nitrogen and oxygen atoms in total. The first-order chi connectivity index (χ1) is 13.4. The summed E-state index contributed by atoms with van der Waals surface area (Å²) in [5, 5.41) is 0.728. The summed E-state index contributed by atoms with van der Waals surface area (Å²) in [6.45, 7) is 6.10. The van der Waals surface area contributed by atoms with Crippen molar-refractivity contribution >= 4 is 29.3 Å². The smallest absolute Gasteiger partial charge is 0.306 e. The van der Waals surface area contributed by atoms with Gasteiger partial charge in [0.05, 0.1) is 0 Å². The molecule has 0 fully saturated rings. The molecule has 0 spiro atoms. The maximum Gasteiger partial charge on any atom is 0.306 e. The quantitative estimate of drug-likeness (QED) is 0.422. The van der Waals surface area contributed by atoms with E-state index in [0.29, 0.717) is 13.0 Å². The standard InChI is InChI=1S/C21H25N3O3S/c1-13-17(14(2)23-21(22-13)28-4)9-10-19(25)27-15(3)20(26)24-12-11-16-7-5-6-8-18(16)24/h5-8,15H,9-12H2,1-4H3/t15-/m0/s1. The van der Waals surface area contributed by atoms with Gasteiger partial charge in [0.25, 0.3) is 5.91 Å². The summed E-state index contributed by atoms with van der Waals surface area (Å²) in [4.78, 5) is 35.6. The lowest BCUT2D eigenvalue weighted by atomic mass is 10.1. The number of fused-ring (bicyclic) bond motifs is 1. The van der Waals surface area contributed by atoms with Crippen LogP contribution in [0.5, 0.6) is 0 Å². The van der Waals surface area contributed by atoms with Crippen LogP contribution in [0.2, 0.25) is 0 Å². The second kappa shape index (κ2) is 8.73. The monoisotopic (exact) mass is 399 g/mol. The number of hydrogen-bond acceptors (Lipinski definition) is 6. The van der Waals surface area contributed by atoms with Crippen LogP contribution < -0.4 is 4.90 Å². The SMILES string of the molecule is CSc1nc(C)c(CCC(=O)O[C@@H](C)C(=O)N2CCc3ccccc32)c(C)n1. The van der Waals surface area contributed by atoms with E-state index in [1.807, 2.05) is 44.4 Å². The van der Waals surface area contributed by atoms with Crippen LogP contribution in [0.25, 0.3) is 0 Å². The summed E-state index contributed by atoms with van der Waals surface area (Å²) in [5.41, 5.74) is 4.77. The number of nitrogens with zero attached hydrogens (tertiary/aromatic N) is 3. The van der Waals surface area contributed by atoms with Crippen molar-refractivity contribution < 1.29 is 14.3 Å². The molecule has 7 heteroatoms. The Kier molecular flexibility index (Phi) is 6.34. The maximum atomic E-state index is 12.7. The average Bonchev–Trinajstić information content (AvgIpc) is 3.10. The molecule has 0 radical (unpaired) electrons. The molecular formula is C21H25N3O3S. The molecule has 28 heavy (non-hydrogen) atoms. The van der Waals surface area contributed by atoms with Crippen molar-refractivity contribution in [3.8, 4) is 0 Å². The van der Waals surface area contributed by atoms with E-state index in [2.05, 4.69) is 9.97 Å². The third kappa shape index (κ3) is 4.35. The minimum atomic E-state index is -0.809. The Morgan fingerprint density at radius 1 is 1.21 bits per heavy atom. The summed E-state index contributed by atoms with van der Waals surface area (Å²) < 4.78 is 5.41. The summed E-state index contributed by atoms with van der Waals surface area (Å²) in [6.07, 6.45) is 2.64. The molecule has 3 rings (SSSR count). The van der Waals surface area contributed by atoms with Gasteiger partial charge in [-0.2, -0.15) is 0 Å². The molecule has 0 bridgehead atoms. The number of hydrogen-bond donors (Lipinski definition) is 0. The Hall–Kier alpha value is -2.41. The number of aryl methyl sites for hydroxylation is 2. The number of amides is 1. The predicted molar refractivity (Wildman–Crippen MR) is 110 cm³/mol. The van der Waals surface area contributed by atoms with E-state index in [0.717, 1.165) is 39.8 Å². The Labute approximate surface area is 169 Å². The maximum absolute atomic E-state index is 12.7. The third-order valence-corrected chi connectivity index (χ3v) is 5.52. The predicted octanol–water partition coefficient (Wildman–Crippen LogP) is 3.27. The molecule has 1 aromatic heterocycles. The van der Waals surface area contributed by atoms with Gasteiger partial charge in [0.15, 0.2) is 11.3 Å². The first-order valence-corrected chi connectivity index (χ1v) is 10.6. The Bertz CT molecular complexity index is 877. The molecular weight excluding hydrogens is 374 g/mol. The van der Waals surface area contributed by atoms with Crippen LogP contribution in [0.1, 0.15) is 35.9 Å². The fourth-order valence-corrected chi connectivity index (χ4v) is 3.94. The number of carbonyl (C=O) groups excluding carboxylic acids is 2. The lowest BCUT2D eigenvalue weighted by Gasteiger charge is -2.21. The van der Waals surface area contributed by atoms with E-state index in [4.69, 9.17) is 4.74 Å². The number of carbonyl (C=O) groups is 2.